The highest BCUT2D eigenvalue weighted by atomic mass is 35.5. The van der Waals surface area contributed by atoms with E-state index < -0.39 is 0 Å². The Bertz CT molecular complexity index is 1160. The maximum atomic E-state index is 12.9. The van der Waals surface area contributed by atoms with Gasteiger partial charge in [-0.15, -0.1) is 21.5 Å². The summed E-state index contributed by atoms with van der Waals surface area (Å²) in [5.41, 5.74) is 2.02. The number of hydrogen-bond donors (Lipinski definition) is 0. The van der Waals surface area contributed by atoms with Gasteiger partial charge in [0.2, 0.25) is 5.78 Å². The van der Waals surface area contributed by atoms with E-state index in [-0.39, 0.29) is 5.56 Å². The van der Waals surface area contributed by atoms with E-state index in [1.807, 2.05) is 40.1 Å². The van der Waals surface area contributed by atoms with Gasteiger partial charge in [-0.2, -0.15) is 0 Å². The van der Waals surface area contributed by atoms with Crippen LogP contribution in [-0.2, 0) is 12.3 Å². The smallest absolute Gasteiger partial charge is 0.272 e. The average molecular weight is 419 g/mol. The Morgan fingerprint density at radius 1 is 1.26 bits per heavy atom. The molecule has 140 valence electrons. The first-order chi connectivity index (χ1) is 13.0. The number of hydrogen-bond acceptors (Lipinski definition) is 5. The summed E-state index contributed by atoms with van der Waals surface area (Å²) in [4.78, 5) is 12.9. The van der Waals surface area contributed by atoms with E-state index in [0.717, 1.165) is 38.1 Å². The van der Waals surface area contributed by atoms with E-state index in [0.29, 0.717) is 18.2 Å². The van der Waals surface area contributed by atoms with Gasteiger partial charge in [0.25, 0.3) is 5.56 Å². The summed E-state index contributed by atoms with van der Waals surface area (Å²) in [7, 11) is 0. The molecular formula is C19H19ClN4OS2. The third-order valence-corrected chi connectivity index (χ3v) is 6.50. The second kappa shape index (κ2) is 7.66. The van der Waals surface area contributed by atoms with E-state index in [1.54, 1.807) is 16.3 Å². The minimum atomic E-state index is 0.0203. The summed E-state index contributed by atoms with van der Waals surface area (Å²) in [5.74, 6) is 1.86. The number of rotatable bonds is 6. The number of thioether (sulfide) groups is 1. The van der Waals surface area contributed by atoms with Gasteiger partial charge >= 0.3 is 0 Å². The van der Waals surface area contributed by atoms with Crippen LogP contribution in [0.3, 0.4) is 0 Å². The van der Waals surface area contributed by atoms with Crippen LogP contribution in [0, 0.1) is 5.92 Å². The standard InChI is InChI=1S/C19H19ClN4OS2/c1-12(2)6-8-23-17(25)16-15(7-9-26-16)24-18(23)21-22-19(24)27-11-13-4-3-5-14(20)10-13/h3-5,7,9-10,12H,6,8,11H2,1-2H3. The maximum Gasteiger partial charge on any atom is 0.272 e. The Morgan fingerprint density at radius 2 is 2.11 bits per heavy atom. The molecule has 0 N–H and O–H groups in total. The molecule has 0 fully saturated rings. The Balaban J connectivity index is 1.77. The zero-order valence-electron chi connectivity index (χ0n) is 15.1. The van der Waals surface area contributed by atoms with Gasteiger partial charge in [0, 0.05) is 17.3 Å². The molecule has 0 bridgehead atoms. The lowest BCUT2D eigenvalue weighted by Gasteiger charge is -2.10. The number of aryl methyl sites for hydroxylation is 1. The van der Waals surface area contributed by atoms with Gasteiger partial charge < -0.3 is 0 Å². The van der Waals surface area contributed by atoms with Gasteiger partial charge in [0.05, 0.1) is 5.52 Å². The van der Waals surface area contributed by atoms with Crippen molar-refractivity contribution in [3.63, 3.8) is 0 Å². The first-order valence-corrected chi connectivity index (χ1v) is 11.0. The molecular weight excluding hydrogens is 400 g/mol. The van der Waals surface area contributed by atoms with Gasteiger partial charge in [-0.25, -0.2) is 0 Å². The Morgan fingerprint density at radius 3 is 2.89 bits per heavy atom. The molecule has 8 heteroatoms. The number of thiophene rings is 1. The largest absolute Gasteiger partial charge is 0.276 e. The van der Waals surface area contributed by atoms with Crippen LogP contribution in [0.2, 0.25) is 5.02 Å². The highest BCUT2D eigenvalue weighted by Gasteiger charge is 2.18. The maximum absolute atomic E-state index is 12.9. The fourth-order valence-corrected chi connectivity index (χ4v) is 4.88. The summed E-state index contributed by atoms with van der Waals surface area (Å²) in [6.45, 7) is 4.95. The molecule has 27 heavy (non-hydrogen) atoms. The molecule has 0 aliphatic heterocycles. The Kier molecular flexibility index (Phi) is 5.25. The molecule has 5 nitrogen and oxygen atoms in total. The van der Waals surface area contributed by atoms with Crippen LogP contribution in [0.5, 0.6) is 0 Å². The van der Waals surface area contributed by atoms with Crippen LogP contribution >= 0.6 is 34.7 Å². The molecule has 0 amide bonds. The third-order valence-electron chi connectivity index (χ3n) is 4.37. The highest BCUT2D eigenvalue weighted by Crippen LogP contribution is 2.27. The minimum absolute atomic E-state index is 0.0203. The first kappa shape index (κ1) is 18.5. The number of fused-ring (bicyclic) bond motifs is 3. The molecule has 0 unspecified atom stereocenters. The van der Waals surface area contributed by atoms with Crippen LogP contribution < -0.4 is 5.56 Å². The van der Waals surface area contributed by atoms with Gasteiger partial charge in [-0.3, -0.25) is 13.8 Å². The number of benzene rings is 1. The fraction of sp³-hybridized carbons (Fsp3) is 0.316. The van der Waals surface area contributed by atoms with Crippen molar-refractivity contribution in [3.8, 4) is 0 Å². The molecule has 1 aromatic carbocycles. The average Bonchev–Trinajstić information content (AvgIpc) is 3.26. The number of aromatic nitrogens is 4. The van der Waals surface area contributed by atoms with Crippen molar-refractivity contribution in [2.75, 3.05) is 0 Å². The first-order valence-electron chi connectivity index (χ1n) is 8.77. The van der Waals surface area contributed by atoms with E-state index >= 15 is 0 Å². The van der Waals surface area contributed by atoms with E-state index in [9.17, 15) is 4.79 Å². The van der Waals surface area contributed by atoms with Crippen molar-refractivity contribution in [3.05, 3.63) is 56.7 Å². The number of halogens is 1. The normalized spacial score (nSPS) is 11.9. The van der Waals surface area contributed by atoms with Crippen LogP contribution in [0.15, 0.2) is 45.7 Å². The molecule has 3 heterocycles. The predicted molar refractivity (Wildman–Crippen MR) is 113 cm³/mol. The minimum Gasteiger partial charge on any atom is -0.276 e. The van der Waals surface area contributed by atoms with Crippen molar-refractivity contribution in [1.29, 1.82) is 0 Å². The van der Waals surface area contributed by atoms with Crippen LogP contribution in [0.1, 0.15) is 25.8 Å². The van der Waals surface area contributed by atoms with Crippen molar-refractivity contribution in [2.24, 2.45) is 5.92 Å². The van der Waals surface area contributed by atoms with E-state index in [1.165, 1.54) is 11.3 Å². The van der Waals surface area contributed by atoms with E-state index in [2.05, 4.69) is 24.0 Å². The highest BCUT2D eigenvalue weighted by molar-refractivity contribution is 7.98. The summed E-state index contributed by atoms with van der Waals surface area (Å²) in [5, 5.41) is 12.2. The molecule has 3 aromatic heterocycles. The van der Waals surface area contributed by atoms with E-state index in [4.69, 9.17) is 11.6 Å². The summed E-state index contributed by atoms with van der Waals surface area (Å²) in [6.07, 6.45) is 0.921. The topological polar surface area (TPSA) is 52.2 Å². The Labute approximate surface area is 170 Å². The molecule has 0 atom stereocenters. The molecule has 0 saturated carbocycles. The second-order valence-corrected chi connectivity index (χ2v) is 9.11. The number of nitrogens with zero attached hydrogens (tertiary/aromatic N) is 4. The summed E-state index contributed by atoms with van der Waals surface area (Å²) in [6, 6.07) is 9.77. The van der Waals surface area contributed by atoms with Crippen molar-refractivity contribution >= 4 is 50.7 Å². The van der Waals surface area contributed by atoms with Crippen molar-refractivity contribution in [1.82, 2.24) is 19.2 Å². The monoisotopic (exact) mass is 418 g/mol. The van der Waals surface area contributed by atoms with Gasteiger partial charge in [0.15, 0.2) is 5.16 Å². The zero-order chi connectivity index (χ0) is 19.0. The Hall–Kier alpha value is -1.83. The second-order valence-electron chi connectivity index (χ2n) is 6.81. The lowest BCUT2D eigenvalue weighted by atomic mass is 10.1. The lowest BCUT2D eigenvalue weighted by Crippen LogP contribution is -2.23. The SMILES string of the molecule is CC(C)CCn1c(=O)c2sccc2n2c(SCc3cccc(Cl)c3)nnc12. The summed E-state index contributed by atoms with van der Waals surface area (Å²) < 4.78 is 4.51. The fourth-order valence-electron chi connectivity index (χ4n) is 2.96. The third kappa shape index (κ3) is 3.63. The molecule has 4 rings (SSSR count). The van der Waals surface area contributed by atoms with Crippen molar-refractivity contribution < 1.29 is 0 Å². The molecule has 4 aromatic rings. The lowest BCUT2D eigenvalue weighted by molar-refractivity contribution is 0.512. The molecule has 0 aliphatic carbocycles. The van der Waals surface area contributed by atoms with Crippen LogP contribution in [-0.4, -0.2) is 19.2 Å². The van der Waals surface area contributed by atoms with Crippen LogP contribution in [0.25, 0.3) is 16.0 Å². The quantitative estimate of drug-likeness (QED) is 0.409. The zero-order valence-corrected chi connectivity index (χ0v) is 17.4. The predicted octanol–water partition coefficient (Wildman–Crippen LogP) is 5.10. The van der Waals surface area contributed by atoms with Crippen LogP contribution in [0.4, 0.5) is 0 Å². The summed E-state index contributed by atoms with van der Waals surface area (Å²) >= 11 is 9.15. The van der Waals surface area contributed by atoms with Gasteiger partial charge in [-0.05, 0) is 41.5 Å². The van der Waals surface area contributed by atoms with Gasteiger partial charge in [-0.1, -0.05) is 49.3 Å². The van der Waals surface area contributed by atoms with Crippen molar-refractivity contribution in [2.45, 2.75) is 37.7 Å². The molecule has 0 radical (unpaired) electrons. The molecule has 0 saturated heterocycles. The molecule has 0 aliphatic rings. The van der Waals surface area contributed by atoms with Gasteiger partial charge in [0.1, 0.15) is 4.70 Å². The molecule has 0 spiro atoms.